The van der Waals surface area contributed by atoms with Gasteiger partial charge in [0.2, 0.25) is 0 Å². The largest absolute Gasteiger partial charge is 0.375 e. The second-order valence-corrected chi connectivity index (χ2v) is 3.91. The zero-order chi connectivity index (χ0) is 11.4. The van der Waals surface area contributed by atoms with E-state index in [1.165, 1.54) is 0 Å². The number of nitro groups is 1. The molecule has 1 N–H and O–H groups in total. The van der Waals surface area contributed by atoms with E-state index in [2.05, 4.69) is 27.8 Å². The van der Waals surface area contributed by atoms with Crippen molar-refractivity contribution in [1.82, 2.24) is 0 Å². The molecule has 0 aliphatic rings. The molecule has 0 aliphatic heterocycles. The van der Waals surface area contributed by atoms with Gasteiger partial charge in [-0.15, -0.1) is 0 Å². The van der Waals surface area contributed by atoms with Crippen molar-refractivity contribution in [2.75, 3.05) is 11.9 Å². The monoisotopic (exact) mass is 274 g/mol. The van der Waals surface area contributed by atoms with Crippen molar-refractivity contribution in [3.8, 4) is 0 Å². The highest BCUT2D eigenvalue weighted by molar-refractivity contribution is 9.11. The van der Waals surface area contributed by atoms with Gasteiger partial charge in [0.05, 0.1) is 4.92 Å². The van der Waals surface area contributed by atoms with E-state index in [1.807, 2.05) is 0 Å². The Bertz CT molecular complexity index is 409. The highest BCUT2D eigenvalue weighted by atomic mass is 79.9. The minimum absolute atomic E-state index is 0.139. The lowest BCUT2D eigenvalue weighted by Crippen LogP contribution is -2.04. The molecule has 0 unspecified atom stereocenters. The second kappa shape index (κ2) is 4.88. The third kappa shape index (κ3) is 3.32. The van der Waals surface area contributed by atoms with Crippen molar-refractivity contribution in [3.05, 3.63) is 45.2 Å². The highest BCUT2D eigenvalue weighted by Crippen LogP contribution is 2.25. The zero-order valence-electron chi connectivity index (χ0n) is 7.67. The quantitative estimate of drug-likeness (QED) is 0.678. The average molecular weight is 275 g/mol. The van der Waals surface area contributed by atoms with E-state index in [9.17, 15) is 14.5 Å². The number of nitrogens with zero attached hydrogens (tertiary/aromatic N) is 1. The normalized spacial score (nSPS) is 9.73. The van der Waals surface area contributed by atoms with Crippen molar-refractivity contribution in [2.24, 2.45) is 0 Å². The smallest absolute Gasteiger partial charge is 0.292 e. The van der Waals surface area contributed by atoms with Crippen LogP contribution in [0, 0.1) is 15.9 Å². The maximum absolute atomic E-state index is 12.8. The van der Waals surface area contributed by atoms with Crippen LogP contribution in [-0.4, -0.2) is 11.5 Å². The molecule has 0 bridgehead atoms. The molecule has 1 aromatic carbocycles. The van der Waals surface area contributed by atoms with Crippen LogP contribution in [0.15, 0.2) is 29.3 Å². The first-order valence-electron chi connectivity index (χ1n) is 4.02. The molecule has 0 heterocycles. The van der Waals surface area contributed by atoms with Crippen LogP contribution in [-0.2, 0) is 0 Å². The predicted molar refractivity (Wildman–Crippen MR) is 59.6 cm³/mol. The number of hydrogen-bond donors (Lipinski definition) is 1. The molecule has 1 aromatic rings. The summed E-state index contributed by atoms with van der Waals surface area (Å²) in [6.45, 7) is 3.85. The van der Waals surface area contributed by atoms with Crippen LogP contribution >= 0.6 is 15.9 Å². The summed E-state index contributed by atoms with van der Waals surface area (Å²) < 4.78 is 13.5. The minimum atomic E-state index is -0.571. The van der Waals surface area contributed by atoms with Gasteiger partial charge < -0.3 is 5.32 Å². The Kier molecular flexibility index (Phi) is 3.79. The van der Waals surface area contributed by atoms with E-state index in [0.29, 0.717) is 11.0 Å². The molecular weight excluding hydrogens is 267 g/mol. The molecule has 0 aliphatic carbocycles. The van der Waals surface area contributed by atoms with Gasteiger partial charge in [-0.05, 0) is 6.07 Å². The van der Waals surface area contributed by atoms with Crippen molar-refractivity contribution in [2.45, 2.75) is 0 Å². The molecule has 0 amide bonds. The molecule has 0 radical (unpaired) electrons. The Morgan fingerprint density at radius 3 is 2.87 bits per heavy atom. The van der Waals surface area contributed by atoms with Gasteiger partial charge in [0, 0.05) is 23.2 Å². The third-order valence-corrected chi connectivity index (χ3v) is 1.91. The van der Waals surface area contributed by atoms with Crippen LogP contribution < -0.4 is 5.32 Å². The van der Waals surface area contributed by atoms with Gasteiger partial charge >= 0.3 is 0 Å². The Labute approximate surface area is 94.1 Å². The van der Waals surface area contributed by atoms with Crippen LogP contribution in [0.5, 0.6) is 0 Å². The number of rotatable bonds is 4. The summed E-state index contributed by atoms with van der Waals surface area (Å²) in [6.07, 6.45) is 0. The number of benzene rings is 1. The summed E-state index contributed by atoms with van der Waals surface area (Å²) in [6, 6.07) is 3.25. The molecule has 0 fully saturated rings. The fourth-order valence-corrected chi connectivity index (χ4v) is 1.14. The van der Waals surface area contributed by atoms with E-state index in [-0.39, 0.29) is 11.4 Å². The summed E-state index contributed by atoms with van der Waals surface area (Å²) >= 11 is 3.09. The summed E-state index contributed by atoms with van der Waals surface area (Å²) in [4.78, 5) is 10.0. The zero-order valence-corrected chi connectivity index (χ0v) is 9.25. The predicted octanol–water partition coefficient (Wildman–Crippen LogP) is 3.05. The molecule has 6 heteroatoms. The highest BCUT2D eigenvalue weighted by Gasteiger charge is 2.13. The van der Waals surface area contributed by atoms with Gasteiger partial charge in [-0.1, -0.05) is 22.5 Å². The number of hydrogen-bond acceptors (Lipinski definition) is 3. The molecule has 1 rings (SSSR count). The van der Waals surface area contributed by atoms with Gasteiger partial charge in [0.1, 0.15) is 11.5 Å². The Morgan fingerprint density at radius 2 is 2.33 bits per heavy atom. The van der Waals surface area contributed by atoms with Gasteiger partial charge in [0.25, 0.3) is 5.69 Å². The number of nitrogens with one attached hydrogen (secondary N) is 1. The fourth-order valence-electron chi connectivity index (χ4n) is 1.00. The van der Waals surface area contributed by atoms with Gasteiger partial charge in [0.15, 0.2) is 0 Å². The van der Waals surface area contributed by atoms with E-state index in [1.54, 1.807) is 0 Å². The second-order valence-electron chi connectivity index (χ2n) is 2.79. The third-order valence-electron chi connectivity index (χ3n) is 1.63. The van der Waals surface area contributed by atoms with E-state index < -0.39 is 10.7 Å². The van der Waals surface area contributed by atoms with Gasteiger partial charge in [-0.3, -0.25) is 10.1 Å². The SMILES string of the molecule is C=C(Br)CNc1cc(F)ccc1[N+](=O)[O-]. The standard InChI is InChI=1S/C9H8BrFN2O2/c1-6(10)5-12-8-4-7(11)2-3-9(8)13(14)15/h2-4,12H,1,5H2. The molecule has 0 saturated heterocycles. The molecule has 0 atom stereocenters. The van der Waals surface area contributed by atoms with Crippen molar-refractivity contribution in [3.63, 3.8) is 0 Å². The van der Waals surface area contributed by atoms with Crippen molar-refractivity contribution >= 4 is 27.3 Å². The summed E-state index contributed by atoms with van der Waals surface area (Å²) in [7, 11) is 0. The topological polar surface area (TPSA) is 55.2 Å². The molecular formula is C9H8BrFN2O2. The first-order chi connectivity index (χ1) is 7.00. The summed E-state index contributed by atoms with van der Waals surface area (Å²) in [5, 5.41) is 13.3. The molecule has 0 spiro atoms. The first kappa shape index (κ1) is 11.6. The lowest BCUT2D eigenvalue weighted by atomic mass is 10.2. The van der Waals surface area contributed by atoms with Crippen LogP contribution in [0.25, 0.3) is 0 Å². The molecule has 80 valence electrons. The lowest BCUT2D eigenvalue weighted by molar-refractivity contribution is -0.384. The molecule has 0 aromatic heterocycles. The van der Waals surface area contributed by atoms with Gasteiger partial charge in [-0.2, -0.15) is 0 Å². The molecule has 15 heavy (non-hydrogen) atoms. The van der Waals surface area contributed by atoms with Crippen LogP contribution in [0.4, 0.5) is 15.8 Å². The van der Waals surface area contributed by atoms with Crippen LogP contribution in [0.2, 0.25) is 0 Å². The van der Waals surface area contributed by atoms with E-state index in [4.69, 9.17) is 0 Å². The average Bonchev–Trinajstić information content (AvgIpc) is 2.14. The maximum atomic E-state index is 12.8. The molecule has 0 saturated carbocycles. The van der Waals surface area contributed by atoms with Crippen molar-refractivity contribution in [1.29, 1.82) is 0 Å². The number of anilines is 1. The first-order valence-corrected chi connectivity index (χ1v) is 4.81. The fraction of sp³-hybridized carbons (Fsp3) is 0.111. The Morgan fingerprint density at radius 1 is 1.67 bits per heavy atom. The molecule has 4 nitrogen and oxygen atoms in total. The number of halogens is 2. The minimum Gasteiger partial charge on any atom is -0.375 e. The van der Waals surface area contributed by atoms with E-state index >= 15 is 0 Å². The number of nitro benzene ring substituents is 1. The summed E-state index contributed by atoms with van der Waals surface area (Å²) in [5.41, 5.74) is -0.0225. The maximum Gasteiger partial charge on any atom is 0.292 e. The lowest BCUT2D eigenvalue weighted by Gasteiger charge is -2.05. The van der Waals surface area contributed by atoms with Crippen molar-refractivity contribution < 1.29 is 9.31 Å². The Balaban J connectivity index is 2.96. The van der Waals surface area contributed by atoms with Crippen LogP contribution in [0.3, 0.4) is 0 Å². The Hall–Kier alpha value is -1.43. The van der Waals surface area contributed by atoms with E-state index in [0.717, 1.165) is 18.2 Å². The summed E-state index contributed by atoms with van der Waals surface area (Å²) in [5.74, 6) is -0.525. The van der Waals surface area contributed by atoms with Crippen LogP contribution in [0.1, 0.15) is 0 Å². The van der Waals surface area contributed by atoms with Gasteiger partial charge in [-0.25, -0.2) is 4.39 Å².